The molecular weight excluding hydrogens is 345 g/mol. The Labute approximate surface area is 142 Å². The van der Waals surface area contributed by atoms with Gasteiger partial charge in [0.25, 0.3) is 5.91 Å². The predicted molar refractivity (Wildman–Crippen MR) is 87.6 cm³/mol. The van der Waals surface area contributed by atoms with Crippen molar-refractivity contribution in [2.75, 3.05) is 6.61 Å². The minimum atomic E-state index is -0.666. The van der Waals surface area contributed by atoms with Gasteiger partial charge in [-0.05, 0) is 36.6 Å². The van der Waals surface area contributed by atoms with Crippen molar-refractivity contribution >= 4 is 46.4 Å². The first-order chi connectivity index (χ1) is 10.5. The van der Waals surface area contributed by atoms with Gasteiger partial charge in [-0.1, -0.05) is 29.3 Å². The molecule has 7 heteroatoms. The lowest BCUT2D eigenvalue weighted by atomic mass is 10.2. The minimum Gasteiger partial charge on any atom is -0.452 e. The maximum Gasteiger partial charge on any atom is 0.340 e. The Hall–Kier alpha value is -1.56. The zero-order chi connectivity index (χ0) is 16.1. The smallest absolute Gasteiger partial charge is 0.340 e. The van der Waals surface area contributed by atoms with E-state index in [1.807, 2.05) is 24.4 Å². The molecule has 0 radical (unpaired) electrons. The van der Waals surface area contributed by atoms with Gasteiger partial charge in [-0.15, -0.1) is 11.3 Å². The molecule has 2 aromatic rings. The number of benzene rings is 1. The van der Waals surface area contributed by atoms with Crippen molar-refractivity contribution in [3.63, 3.8) is 0 Å². The van der Waals surface area contributed by atoms with Crippen LogP contribution in [0.4, 0.5) is 0 Å². The van der Waals surface area contributed by atoms with Crippen molar-refractivity contribution < 1.29 is 14.3 Å². The zero-order valence-electron chi connectivity index (χ0n) is 11.6. The normalized spacial score (nSPS) is 11.8. The highest BCUT2D eigenvalue weighted by atomic mass is 35.5. The molecule has 1 heterocycles. The highest BCUT2D eigenvalue weighted by Gasteiger charge is 2.15. The van der Waals surface area contributed by atoms with E-state index in [-0.39, 0.29) is 29.1 Å². The summed E-state index contributed by atoms with van der Waals surface area (Å²) in [6.45, 7) is 1.50. The van der Waals surface area contributed by atoms with Crippen LogP contribution in [0.2, 0.25) is 10.0 Å². The molecule has 0 saturated carbocycles. The molecule has 1 atom stereocenters. The summed E-state index contributed by atoms with van der Waals surface area (Å²) in [4.78, 5) is 24.7. The van der Waals surface area contributed by atoms with Gasteiger partial charge >= 0.3 is 5.97 Å². The Balaban J connectivity index is 1.86. The first-order valence-corrected chi connectivity index (χ1v) is 8.06. The summed E-state index contributed by atoms with van der Waals surface area (Å²) in [5, 5.41) is 5.29. The first-order valence-electron chi connectivity index (χ1n) is 6.42. The topological polar surface area (TPSA) is 55.4 Å². The quantitative estimate of drug-likeness (QED) is 0.819. The van der Waals surface area contributed by atoms with Gasteiger partial charge < -0.3 is 10.1 Å². The van der Waals surface area contributed by atoms with E-state index in [1.54, 1.807) is 11.3 Å². The third-order valence-electron chi connectivity index (χ3n) is 2.83. The molecule has 0 spiro atoms. The monoisotopic (exact) mass is 357 g/mol. The highest BCUT2D eigenvalue weighted by Crippen LogP contribution is 2.21. The summed E-state index contributed by atoms with van der Waals surface area (Å²) in [6.07, 6.45) is 0. The second-order valence-corrected chi connectivity index (χ2v) is 6.33. The minimum absolute atomic E-state index is 0.134. The van der Waals surface area contributed by atoms with Crippen LogP contribution >= 0.6 is 34.5 Å². The third-order valence-corrected chi connectivity index (χ3v) is 4.44. The molecular formula is C15H13Cl2NO3S. The fourth-order valence-corrected chi connectivity index (χ4v) is 2.98. The molecule has 0 aliphatic heterocycles. The average Bonchev–Trinajstić information content (AvgIpc) is 2.99. The van der Waals surface area contributed by atoms with Gasteiger partial charge in [-0.25, -0.2) is 4.79 Å². The van der Waals surface area contributed by atoms with Gasteiger partial charge in [0.05, 0.1) is 16.6 Å². The number of esters is 1. The second kappa shape index (κ2) is 7.63. The van der Waals surface area contributed by atoms with Crippen molar-refractivity contribution in [1.82, 2.24) is 5.32 Å². The van der Waals surface area contributed by atoms with Crippen LogP contribution in [0.1, 0.15) is 28.2 Å². The Morgan fingerprint density at radius 2 is 2.09 bits per heavy atom. The SMILES string of the molecule is C[C@@H](NC(=O)COC(=O)c1ccc(Cl)cc1Cl)c1cccs1. The molecule has 1 amide bonds. The van der Waals surface area contributed by atoms with Crippen molar-refractivity contribution in [2.45, 2.75) is 13.0 Å². The Kier molecular flexibility index (Phi) is 5.83. The van der Waals surface area contributed by atoms with Crippen LogP contribution in [0.3, 0.4) is 0 Å². The summed E-state index contributed by atoms with van der Waals surface area (Å²) >= 11 is 13.2. The molecule has 1 aromatic heterocycles. The van der Waals surface area contributed by atoms with Crippen molar-refractivity contribution in [3.8, 4) is 0 Å². The molecule has 0 bridgehead atoms. The van der Waals surface area contributed by atoms with E-state index in [0.29, 0.717) is 5.02 Å². The fourth-order valence-electron chi connectivity index (χ4n) is 1.76. The average molecular weight is 358 g/mol. The lowest BCUT2D eigenvalue weighted by Gasteiger charge is -2.12. The van der Waals surface area contributed by atoms with E-state index in [2.05, 4.69) is 5.32 Å². The van der Waals surface area contributed by atoms with Crippen molar-refractivity contribution in [1.29, 1.82) is 0 Å². The van der Waals surface area contributed by atoms with Crippen LogP contribution in [-0.4, -0.2) is 18.5 Å². The summed E-state index contributed by atoms with van der Waals surface area (Å²) in [6, 6.07) is 8.13. The van der Waals surface area contributed by atoms with Gasteiger partial charge in [0.15, 0.2) is 6.61 Å². The number of rotatable bonds is 5. The van der Waals surface area contributed by atoms with E-state index >= 15 is 0 Å². The first kappa shape index (κ1) is 16.8. The fraction of sp³-hybridized carbons (Fsp3) is 0.200. The van der Waals surface area contributed by atoms with E-state index in [1.165, 1.54) is 18.2 Å². The lowest BCUT2D eigenvalue weighted by Crippen LogP contribution is -2.30. The van der Waals surface area contributed by atoms with E-state index in [4.69, 9.17) is 27.9 Å². The molecule has 1 aromatic carbocycles. The largest absolute Gasteiger partial charge is 0.452 e. The Bertz CT molecular complexity index is 673. The van der Waals surface area contributed by atoms with Crippen LogP contribution in [0.25, 0.3) is 0 Å². The van der Waals surface area contributed by atoms with E-state index in [9.17, 15) is 9.59 Å². The molecule has 2 rings (SSSR count). The predicted octanol–water partition coefficient (Wildman–Crippen LogP) is 4.09. The molecule has 0 fully saturated rings. The van der Waals surface area contributed by atoms with Crippen LogP contribution in [0.15, 0.2) is 35.7 Å². The zero-order valence-corrected chi connectivity index (χ0v) is 14.0. The number of thiophene rings is 1. The number of carbonyl (C=O) groups is 2. The number of halogens is 2. The molecule has 0 saturated heterocycles. The third kappa shape index (κ3) is 4.47. The molecule has 1 N–H and O–H groups in total. The highest BCUT2D eigenvalue weighted by molar-refractivity contribution is 7.10. The van der Waals surface area contributed by atoms with Crippen LogP contribution in [0, 0.1) is 0 Å². The molecule has 0 unspecified atom stereocenters. The number of carbonyl (C=O) groups excluding carboxylic acids is 2. The molecule has 0 aliphatic carbocycles. The molecule has 4 nitrogen and oxygen atoms in total. The summed E-state index contributed by atoms with van der Waals surface area (Å²) in [5.41, 5.74) is 0.171. The second-order valence-electron chi connectivity index (χ2n) is 4.50. The number of ether oxygens (including phenoxy) is 1. The standard InChI is InChI=1S/C15H13Cl2NO3S/c1-9(13-3-2-6-22-13)18-14(19)8-21-15(20)11-5-4-10(16)7-12(11)17/h2-7,9H,8H2,1H3,(H,18,19)/t9-/m1/s1. The van der Waals surface area contributed by atoms with Crippen molar-refractivity contribution in [3.05, 3.63) is 56.2 Å². The van der Waals surface area contributed by atoms with Gasteiger partial charge in [-0.2, -0.15) is 0 Å². The number of hydrogen-bond acceptors (Lipinski definition) is 4. The van der Waals surface area contributed by atoms with Crippen LogP contribution in [-0.2, 0) is 9.53 Å². The number of hydrogen-bond donors (Lipinski definition) is 1. The van der Waals surface area contributed by atoms with Gasteiger partial charge in [0.1, 0.15) is 0 Å². The summed E-state index contributed by atoms with van der Waals surface area (Å²) in [7, 11) is 0. The summed E-state index contributed by atoms with van der Waals surface area (Å²) < 4.78 is 4.95. The van der Waals surface area contributed by atoms with Gasteiger partial charge in [-0.3, -0.25) is 4.79 Å². The van der Waals surface area contributed by atoms with Gasteiger partial charge in [0.2, 0.25) is 0 Å². The maximum absolute atomic E-state index is 11.9. The Morgan fingerprint density at radius 3 is 2.73 bits per heavy atom. The molecule has 0 aliphatic rings. The van der Waals surface area contributed by atoms with Crippen LogP contribution < -0.4 is 5.32 Å². The van der Waals surface area contributed by atoms with E-state index in [0.717, 1.165) is 4.88 Å². The van der Waals surface area contributed by atoms with Gasteiger partial charge in [0, 0.05) is 9.90 Å². The van der Waals surface area contributed by atoms with E-state index < -0.39 is 5.97 Å². The van der Waals surface area contributed by atoms with Crippen LogP contribution in [0.5, 0.6) is 0 Å². The van der Waals surface area contributed by atoms with Crippen molar-refractivity contribution in [2.24, 2.45) is 0 Å². The molecule has 22 heavy (non-hydrogen) atoms. The maximum atomic E-state index is 11.9. The summed E-state index contributed by atoms with van der Waals surface area (Å²) in [5.74, 6) is -1.04. The number of nitrogens with one attached hydrogen (secondary N) is 1. The Morgan fingerprint density at radius 1 is 1.32 bits per heavy atom. The number of amides is 1. The molecule has 116 valence electrons. The lowest BCUT2D eigenvalue weighted by molar-refractivity contribution is -0.124.